The van der Waals surface area contributed by atoms with Gasteiger partial charge in [0, 0.05) is 18.0 Å². The van der Waals surface area contributed by atoms with Crippen molar-refractivity contribution >= 4 is 23.4 Å². The summed E-state index contributed by atoms with van der Waals surface area (Å²) in [7, 11) is 1.46. The van der Waals surface area contributed by atoms with Gasteiger partial charge in [0.2, 0.25) is 0 Å². The van der Waals surface area contributed by atoms with E-state index >= 15 is 0 Å². The molecule has 0 bridgehead atoms. The summed E-state index contributed by atoms with van der Waals surface area (Å²) in [5.74, 6) is 0.883. The van der Waals surface area contributed by atoms with Crippen LogP contribution in [0.3, 0.4) is 0 Å². The van der Waals surface area contributed by atoms with Crippen LogP contribution < -0.4 is 4.90 Å². The van der Waals surface area contributed by atoms with Crippen molar-refractivity contribution in [3.8, 4) is 0 Å². The Balaban J connectivity index is 1.82. The molecule has 2 aliphatic rings. The van der Waals surface area contributed by atoms with E-state index in [0.29, 0.717) is 11.0 Å². The van der Waals surface area contributed by atoms with E-state index in [1.165, 1.54) is 37.7 Å². The second-order valence-electron chi connectivity index (χ2n) is 6.51. The Bertz CT molecular complexity index is 544. The molecule has 1 heterocycles. The summed E-state index contributed by atoms with van der Waals surface area (Å²) < 4.78 is 4.97. The summed E-state index contributed by atoms with van der Waals surface area (Å²) >= 11 is 1.86. The fourth-order valence-electron chi connectivity index (χ4n) is 3.26. The lowest BCUT2D eigenvalue weighted by atomic mass is 9.93. The average Bonchev–Trinajstić information content (AvgIpc) is 3.32. The number of hydrogen-bond donors (Lipinski definition) is 0. The van der Waals surface area contributed by atoms with Crippen LogP contribution in [0.15, 0.2) is 23.1 Å². The van der Waals surface area contributed by atoms with E-state index in [4.69, 9.17) is 4.74 Å². The van der Waals surface area contributed by atoms with Gasteiger partial charge in [0.25, 0.3) is 0 Å². The number of benzene rings is 1. The standard InChI is InChI=1S/C18H25NO2S/c1-3-12-22-14-4-5-15(17(20)21-2)16(13-14)19-10-8-18(6-7-18)9-11-19/h4-5,13H,3,6-12H2,1-2H3. The van der Waals surface area contributed by atoms with Crippen molar-refractivity contribution in [3.05, 3.63) is 23.8 Å². The maximum absolute atomic E-state index is 12.1. The molecule has 120 valence electrons. The van der Waals surface area contributed by atoms with Gasteiger partial charge in [-0.3, -0.25) is 0 Å². The zero-order valence-electron chi connectivity index (χ0n) is 13.6. The Morgan fingerprint density at radius 1 is 1.27 bits per heavy atom. The van der Waals surface area contributed by atoms with Gasteiger partial charge in [0.1, 0.15) is 0 Å². The van der Waals surface area contributed by atoms with Gasteiger partial charge in [0.15, 0.2) is 0 Å². The zero-order valence-corrected chi connectivity index (χ0v) is 14.4. The molecule has 1 aliphatic heterocycles. The number of thioether (sulfide) groups is 1. The van der Waals surface area contributed by atoms with Crippen LogP contribution in [0.1, 0.15) is 49.4 Å². The molecule has 1 aromatic carbocycles. The number of piperidine rings is 1. The number of carbonyl (C=O) groups is 1. The first-order valence-corrected chi connectivity index (χ1v) is 9.26. The predicted molar refractivity (Wildman–Crippen MR) is 91.9 cm³/mol. The molecule has 1 saturated heterocycles. The highest BCUT2D eigenvalue weighted by Crippen LogP contribution is 2.54. The monoisotopic (exact) mass is 319 g/mol. The molecular formula is C18H25NO2S. The molecule has 1 aromatic rings. The van der Waals surface area contributed by atoms with E-state index in [2.05, 4.69) is 17.9 Å². The van der Waals surface area contributed by atoms with Crippen LogP contribution in [0, 0.1) is 5.41 Å². The van der Waals surface area contributed by atoms with Crippen molar-refractivity contribution in [2.75, 3.05) is 30.9 Å². The number of nitrogens with zero attached hydrogens (tertiary/aromatic N) is 1. The molecule has 2 fully saturated rings. The molecule has 3 nitrogen and oxygen atoms in total. The highest BCUT2D eigenvalue weighted by atomic mass is 32.2. The number of ether oxygens (including phenoxy) is 1. The third kappa shape index (κ3) is 3.27. The Hall–Kier alpha value is -1.16. The number of anilines is 1. The van der Waals surface area contributed by atoms with Crippen LogP contribution >= 0.6 is 11.8 Å². The molecule has 4 heteroatoms. The zero-order chi connectivity index (χ0) is 15.6. The molecule has 0 aromatic heterocycles. The fourth-order valence-corrected chi connectivity index (χ4v) is 4.06. The van der Waals surface area contributed by atoms with E-state index < -0.39 is 0 Å². The molecular weight excluding hydrogens is 294 g/mol. The van der Waals surface area contributed by atoms with Gasteiger partial charge in [-0.25, -0.2) is 4.79 Å². The molecule has 0 N–H and O–H groups in total. The summed E-state index contributed by atoms with van der Waals surface area (Å²) in [6.07, 6.45) is 6.49. The number of hydrogen-bond acceptors (Lipinski definition) is 4. The van der Waals surface area contributed by atoms with Crippen molar-refractivity contribution in [3.63, 3.8) is 0 Å². The first-order valence-electron chi connectivity index (χ1n) is 8.27. The molecule has 1 spiro atoms. The van der Waals surface area contributed by atoms with Gasteiger partial charge < -0.3 is 9.64 Å². The van der Waals surface area contributed by atoms with Crippen LogP contribution in [0.25, 0.3) is 0 Å². The van der Waals surface area contributed by atoms with Crippen molar-refractivity contribution in [2.45, 2.75) is 43.9 Å². The van der Waals surface area contributed by atoms with Gasteiger partial charge in [-0.15, -0.1) is 11.8 Å². The van der Waals surface area contributed by atoms with E-state index in [1.54, 1.807) is 0 Å². The number of rotatable bonds is 5. The van der Waals surface area contributed by atoms with Gasteiger partial charge >= 0.3 is 5.97 Å². The van der Waals surface area contributed by atoms with E-state index in [-0.39, 0.29) is 5.97 Å². The topological polar surface area (TPSA) is 29.5 Å². The lowest BCUT2D eigenvalue weighted by molar-refractivity contribution is 0.0601. The SMILES string of the molecule is CCCSc1ccc(C(=O)OC)c(N2CCC3(CC2)CC3)c1. The molecule has 3 rings (SSSR count). The first kappa shape index (κ1) is 15.7. The minimum atomic E-state index is -0.228. The Morgan fingerprint density at radius 2 is 2.00 bits per heavy atom. The quantitative estimate of drug-likeness (QED) is 0.596. The maximum Gasteiger partial charge on any atom is 0.339 e. The van der Waals surface area contributed by atoms with Crippen molar-refractivity contribution in [2.24, 2.45) is 5.41 Å². The van der Waals surface area contributed by atoms with E-state index in [0.717, 1.165) is 31.0 Å². The van der Waals surface area contributed by atoms with Gasteiger partial charge in [-0.1, -0.05) is 6.92 Å². The highest BCUT2D eigenvalue weighted by molar-refractivity contribution is 7.99. The molecule has 0 atom stereocenters. The second-order valence-corrected chi connectivity index (χ2v) is 7.67. The minimum absolute atomic E-state index is 0.228. The maximum atomic E-state index is 12.1. The van der Waals surface area contributed by atoms with Crippen molar-refractivity contribution < 1.29 is 9.53 Å². The minimum Gasteiger partial charge on any atom is -0.465 e. The Labute approximate surface area is 137 Å². The Morgan fingerprint density at radius 3 is 2.59 bits per heavy atom. The van der Waals surface area contributed by atoms with E-state index in [1.807, 2.05) is 23.9 Å². The molecule has 1 aliphatic carbocycles. The summed E-state index contributed by atoms with van der Waals surface area (Å²) in [6.45, 7) is 4.31. The summed E-state index contributed by atoms with van der Waals surface area (Å²) in [6, 6.07) is 6.15. The fraction of sp³-hybridized carbons (Fsp3) is 0.611. The number of carbonyl (C=O) groups excluding carboxylic acids is 1. The third-order valence-electron chi connectivity index (χ3n) is 4.97. The third-order valence-corrected chi connectivity index (χ3v) is 6.17. The highest BCUT2D eigenvalue weighted by Gasteiger charge is 2.44. The second kappa shape index (κ2) is 6.53. The average molecular weight is 319 g/mol. The normalized spacial score (nSPS) is 19.3. The lowest BCUT2D eigenvalue weighted by Gasteiger charge is -2.35. The number of methoxy groups -OCH3 is 1. The van der Waals surface area contributed by atoms with Crippen LogP contribution in [0.4, 0.5) is 5.69 Å². The first-order chi connectivity index (χ1) is 10.7. The molecule has 0 unspecified atom stereocenters. The summed E-state index contributed by atoms with van der Waals surface area (Å²) in [4.78, 5) is 15.7. The summed E-state index contributed by atoms with van der Waals surface area (Å²) in [5.41, 5.74) is 2.41. The summed E-state index contributed by atoms with van der Waals surface area (Å²) in [5, 5.41) is 0. The largest absolute Gasteiger partial charge is 0.465 e. The molecule has 22 heavy (non-hydrogen) atoms. The van der Waals surface area contributed by atoms with Crippen molar-refractivity contribution in [1.29, 1.82) is 0 Å². The van der Waals surface area contributed by atoms with Crippen molar-refractivity contribution in [1.82, 2.24) is 0 Å². The van der Waals surface area contributed by atoms with Gasteiger partial charge in [-0.2, -0.15) is 0 Å². The van der Waals surface area contributed by atoms with Crippen LogP contribution in [0.2, 0.25) is 0 Å². The van der Waals surface area contributed by atoms with Gasteiger partial charge in [-0.05, 0) is 61.5 Å². The predicted octanol–water partition coefficient (Wildman–Crippen LogP) is 4.36. The molecule has 0 radical (unpaired) electrons. The smallest absolute Gasteiger partial charge is 0.339 e. The molecule has 0 amide bonds. The van der Waals surface area contributed by atoms with Crippen LogP contribution in [-0.4, -0.2) is 31.9 Å². The lowest BCUT2D eigenvalue weighted by Crippen LogP contribution is -2.35. The van der Waals surface area contributed by atoms with E-state index in [9.17, 15) is 4.79 Å². The Kier molecular flexibility index (Phi) is 4.67. The molecule has 1 saturated carbocycles. The van der Waals surface area contributed by atoms with Crippen LogP contribution in [-0.2, 0) is 4.74 Å². The van der Waals surface area contributed by atoms with Crippen LogP contribution in [0.5, 0.6) is 0 Å². The number of esters is 1. The van der Waals surface area contributed by atoms with Gasteiger partial charge in [0.05, 0.1) is 18.4 Å².